The molecule has 4 amide bonds. The van der Waals surface area contributed by atoms with Gasteiger partial charge < -0.3 is 16.0 Å². The molecule has 0 spiro atoms. The van der Waals surface area contributed by atoms with Crippen LogP contribution < -0.4 is 16.0 Å². The van der Waals surface area contributed by atoms with Gasteiger partial charge in [0.25, 0.3) is 0 Å². The van der Waals surface area contributed by atoms with Crippen molar-refractivity contribution in [2.75, 3.05) is 18.4 Å². The zero-order chi connectivity index (χ0) is 16.7. The number of anilines is 1. The number of rotatable bonds is 3. The number of thiocarbonyl (C=S) groups is 1. The van der Waals surface area contributed by atoms with E-state index in [2.05, 4.69) is 16.0 Å². The van der Waals surface area contributed by atoms with Crippen LogP contribution in [0, 0.1) is 13.8 Å². The van der Waals surface area contributed by atoms with Crippen LogP contribution in [0.5, 0.6) is 0 Å². The highest BCUT2D eigenvalue weighted by molar-refractivity contribution is 7.80. The van der Waals surface area contributed by atoms with Crippen LogP contribution >= 0.6 is 12.2 Å². The number of aryl methyl sites for hydroxylation is 2. The summed E-state index contributed by atoms with van der Waals surface area (Å²) in [6.45, 7) is 8.22. The van der Waals surface area contributed by atoms with Crippen molar-refractivity contribution in [1.29, 1.82) is 0 Å². The van der Waals surface area contributed by atoms with E-state index in [0.29, 0.717) is 13.1 Å². The number of hydrogen-bond donors (Lipinski definition) is 3. The molecule has 1 aromatic carbocycles. The molecule has 7 heteroatoms. The molecule has 0 saturated heterocycles. The average Bonchev–Trinajstić information content (AvgIpc) is 2.44. The molecule has 0 fully saturated rings. The molecule has 0 aliphatic heterocycles. The Kier molecular flexibility index (Phi) is 6.78. The molecule has 0 aliphatic carbocycles. The Bertz CT molecular complexity index is 536. The third-order valence-electron chi connectivity index (χ3n) is 2.98. The van der Waals surface area contributed by atoms with Crippen molar-refractivity contribution in [3.8, 4) is 0 Å². The number of carbonyl (C=O) groups is 2. The molecule has 6 nitrogen and oxygen atoms in total. The maximum Gasteiger partial charge on any atom is 0.332 e. The van der Waals surface area contributed by atoms with Crippen molar-refractivity contribution >= 4 is 35.1 Å². The fourth-order valence-corrected chi connectivity index (χ4v) is 2.18. The molecule has 0 atom stereocenters. The molecular weight excluding hydrogens is 300 g/mol. The van der Waals surface area contributed by atoms with Crippen molar-refractivity contribution in [1.82, 2.24) is 15.5 Å². The van der Waals surface area contributed by atoms with Crippen LogP contribution in [-0.2, 0) is 0 Å². The molecule has 0 aromatic heterocycles. The van der Waals surface area contributed by atoms with Gasteiger partial charge in [0.1, 0.15) is 0 Å². The van der Waals surface area contributed by atoms with Gasteiger partial charge in [-0.2, -0.15) is 4.90 Å². The Balaban J connectivity index is 3.01. The van der Waals surface area contributed by atoms with Gasteiger partial charge in [-0.25, -0.2) is 9.59 Å². The van der Waals surface area contributed by atoms with Gasteiger partial charge >= 0.3 is 12.1 Å². The monoisotopic (exact) mass is 322 g/mol. The maximum atomic E-state index is 12.1. The Hall–Kier alpha value is -2.15. The van der Waals surface area contributed by atoms with E-state index in [4.69, 9.17) is 12.2 Å². The van der Waals surface area contributed by atoms with E-state index in [1.54, 1.807) is 13.8 Å². The minimum atomic E-state index is -0.558. The fraction of sp³-hybridized carbons (Fsp3) is 0.400. The minimum Gasteiger partial charge on any atom is -0.337 e. The first-order valence-electron chi connectivity index (χ1n) is 7.15. The largest absolute Gasteiger partial charge is 0.337 e. The summed E-state index contributed by atoms with van der Waals surface area (Å²) in [5.41, 5.74) is 2.76. The molecule has 0 heterocycles. The van der Waals surface area contributed by atoms with Crippen LogP contribution in [0.15, 0.2) is 18.2 Å². The summed E-state index contributed by atoms with van der Waals surface area (Å²) >= 11 is 5.25. The number of para-hydroxylation sites is 1. The van der Waals surface area contributed by atoms with Gasteiger partial charge in [0.2, 0.25) is 0 Å². The second kappa shape index (κ2) is 8.33. The third-order valence-corrected chi connectivity index (χ3v) is 3.26. The summed E-state index contributed by atoms with van der Waals surface area (Å²) in [6.07, 6.45) is 0. The van der Waals surface area contributed by atoms with Crippen molar-refractivity contribution in [3.63, 3.8) is 0 Å². The first kappa shape index (κ1) is 17.9. The lowest BCUT2D eigenvalue weighted by Crippen LogP contribution is -2.53. The first-order chi connectivity index (χ1) is 10.4. The second-order valence-electron chi connectivity index (χ2n) is 4.70. The molecule has 0 aliphatic rings. The van der Waals surface area contributed by atoms with E-state index in [-0.39, 0.29) is 5.11 Å². The van der Waals surface area contributed by atoms with Crippen molar-refractivity contribution in [2.24, 2.45) is 0 Å². The highest BCUT2D eigenvalue weighted by Gasteiger charge is 2.25. The lowest BCUT2D eigenvalue weighted by molar-refractivity contribution is 0.206. The zero-order valence-corrected chi connectivity index (χ0v) is 14.1. The standard InChI is InChI=1S/C15H22N4O2S/c1-5-16-13(20)19(14(21)17-6-2)15(22)18-12-10(3)8-7-9-11(12)4/h7-9H,5-6H2,1-4H3,(H,16,20)(H,17,21)(H,18,22). The molecule has 0 bridgehead atoms. The van der Waals surface area contributed by atoms with Gasteiger partial charge in [-0.1, -0.05) is 18.2 Å². The van der Waals surface area contributed by atoms with E-state index in [1.807, 2.05) is 32.0 Å². The van der Waals surface area contributed by atoms with Crippen molar-refractivity contribution in [3.05, 3.63) is 29.3 Å². The molecular formula is C15H22N4O2S. The second-order valence-corrected chi connectivity index (χ2v) is 5.09. The van der Waals surface area contributed by atoms with Crippen LogP contribution in [0.3, 0.4) is 0 Å². The van der Waals surface area contributed by atoms with Crippen LogP contribution in [0.4, 0.5) is 15.3 Å². The summed E-state index contributed by atoms with van der Waals surface area (Å²) < 4.78 is 0. The minimum absolute atomic E-state index is 0.0364. The Morgan fingerprint density at radius 2 is 1.50 bits per heavy atom. The van der Waals surface area contributed by atoms with E-state index >= 15 is 0 Å². The zero-order valence-electron chi connectivity index (χ0n) is 13.3. The topological polar surface area (TPSA) is 73.5 Å². The molecule has 0 unspecified atom stereocenters. The first-order valence-corrected chi connectivity index (χ1v) is 7.56. The number of imide groups is 1. The quantitative estimate of drug-likeness (QED) is 0.748. The lowest BCUT2D eigenvalue weighted by Gasteiger charge is -2.23. The normalized spacial score (nSPS) is 9.82. The van der Waals surface area contributed by atoms with Crippen molar-refractivity contribution in [2.45, 2.75) is 27.7 Å². The van der Waals surface area contributed by atoms with Gasteiger partial charge in [0.05, 0.1) is 0 Å². The van der Waals surface area contributed by atoms with Gasteiger partial charge in [-0.15, -0.1) is 0 Å². The molecule has 1 rings (SSSR count). The van der Waals surface area contributed by atoms with Gasteiger partial charge in [-0.3, -0.25) is 0 Å². The van der Waals surface area contributed by atoms with Gasteiger partial charge in [0.15, 0.2) is 5.11 Å². The maximum absolute atomic E-state index is 12.1. The van der Waals surface area contributed by atoms with E-state index < -0.39 is 12.1 Å². The number of nitrogens with zero attached hydrogens (tertiary/aromatic N) is 1. The number of nitrogens with one attached hydrogen (secondary N) is 3. The number of carbonyl (C=O) groups excluding carboxylic acids is 2. The Morgan fingerprint density at radius 3 is 1.91 bits per heavy atom. The van der Waals surface area contributed by atoms with Crippen molar-refractivity contribution < 1.29 is 9.59 Å². The molecule has 22 heavy (non-hydrogen) atoms. The van der Waals surface area contributed by atoms with Crippen LogP contribution in [0.1, 0.15) is 25.0 Å². The Morgan fingerprint density at radius 1 is 1.05 bits per heavy atom. The van der Waals surface area contributed by atoms with Crippen LogP contribution in [0.2, 0.25) is 0 Å². The highest BCUT2D eigenvalue weighted by atomic mass is 32.1. The number of hydrogen-bond acceptors (Lipinski definition) is 3. The van der Waals surface area contributed by atoms with Crippen LogP contribution in [-0.4, -0.2) is 35.2 Å². The summed E-state index contributed by atoms with van der Waals surface area (Å²) in [5, 5.41) is 8.19. The molecule has 120 valence electrons. The smallest absolute Gasteiger partial charge is 0.332 e. The van der Waals surface area contributed by atoms with Gasteiger partial charge in [0, 0.05) is 18.8 Å². The van der Waals surface area contributed by atoms with E-state index in [9.17, 15) is 9.59 Å². The van der Waals surface area contributed by atoms with E-state index in [1.165, 1.54) is 0 Å². The summed E-state index contributed by atoms with van der Waals surface area (Å²) in [7, 11) is 0. The predicted molar refractivity (Wildman–Crippen MR) is 92.1 cm³/mol. The number of amides is 4. The molecule has 3 N–H and O–H groups in total. The van der Waals surface area contributed by atoms with Crippen LogP contribution in [0.25, 0.3) is 0 Å². The number of benzene rings is 1. The molecule has 0 radical (unpaired) electrons. The predicted octanol–water partition coefficient (Wildman–Crippen LogP) is 2.76. The SMILES string of the molecule is CCNC(=O)N(C(=O)NCC)C(=S)Nc1c(C)cccc1C. The number of urea groups is 2. The summed E-state index contributed by atoms with van der Waals surface area (Å²) in [4.78, 5) is 25.1. The van der Waals surface area contributed by atoms with Gasteiger partial charge in [-0.05, 0) is 51.0 Å². The average molecular weight is 322 g/mol. The third kappa shape index (κ3) is 4.42. The summed E-state index contributed by atoms with van der Waals surface area (Å²) in [6, 6.07) is 4.68. The van der Waals surface area contributed by atoms with E-state index in [0.717, 1.165) is 21.7 Å². The highest BCUT2D eigenvalue weighted by Crippen LogP contribution is 2.20. The Labute approximate surface area is 136 Å². The molecule has 0 saturated carbocycles. The summed E-state index contributed by atoms with van der Waals surface area (Å²) in [5.74, 6) is 0. The lowest BCUT2D eigenvalue weighted by atomic mass is 10.1. The fourth-order valence-electron chi connectivity index (χ4n) is 1.91. The molecule has 1 aromatic rings.